The normalized spacial score (nSPS) is 11.7. The van der Waals surface area contributed by atoms with Crippen LogP contribution in [0.2, 0.25) is 0 Å². The molecule has 0 N–H and O–H groups in total. The first-order chi connectivity index (χ1) is 29.8. The number of hydrogen-bond donors (Lipinski definition) is 0. The summed E-state index contributed by atoms with van der Waals surface area (Å²) in [6, 6.07) is 78.4. The third-order valence-corrected chi connectivity index (χ3v) is 13.0. The molecule has 4 heteroatoms. The lowest BCUT2D eigenvalue weighted by atomic mass is 9.98. The summed E-state index contributed by atoms with van der Waals surface area (Å²) < 4.78 is 10.4. The number of thiophene rings is 1. The Morgan fingerprint density at radius 3 is 1.67 bits per heavy atom. The van der Waals surface area contributed by atoms with E-state index in [1.54, 1.807) is 0 Å². The van der Waals surface area contributed by atoms with E-state index in [2.05, 4.69) is 222 Å². The topological polar surface area (TPSA) is 21.3 Å². The minimum atomic E-state index is 0.863. The van der Waals surface area contributed by atoms with Crippen LogP contribution in [0.5, 0.6) is 0 Å². The minimum absolute atomic E-state index is 0.863. The Balaban J connectivity index is 0.993. The molecule has 0 saturated heterocycles. The lowest BCUT2D eigenvalue weighted by molar-refractivity contribution is 0.669. The van der Waals surface area contributed by atoms with Crippen LogP contribution < -0.4 is 4.90 Å². The van der Waals surface area contributed by atoms with Gasteiger partial charge in [-0.3, -0.25) is 0 Å². The van der Waals surface area contributed by atoms with Crippen molar-refractivity contribution in [2.45, 2.75) is 0 Å². The van der Waals surface area contributed by atoms with Gasteiger partial charge in [-0.25, -0.2) is 0 Å². The van der Waals surface area contributed by atoms with Crippen LogP contribution in [-0.2, 0) is 0 Å². The van der Waals surface area contributed by atoms with Crippen LogP contribution in [0, 0.1) is 0 Å². The largest absolute Gasteiger partial charge is 0.454 e. The molecule has 0 aliphatic rings. The van der Waals surface area contributed by atoms with E-state index in [0.29, 0.717) is 0 Å². The molecular formula is C56H36N2OS. The van der Waals surface area contributed by atoms with Crippen molar-refractivity contribution in [2.24, 2.45) is 0 Å². The monoisotopic (exact) mass is 784 g/mol. The van der Waals surface area contributed by atoms with E-state index in [9.17, 15) is 0 Å². The lowest BCUT2D eigenvalue weighted by Gasteiger charge is -2.26. The number of para-hydroxylation sites is 3. The summed E-state index contributed by atoms with van der Waals surface area (Å²) in [4.78, 5) is 3.59. The fourth-order valence-electron chi connectivity index (χ4n) is 9.02. The van der Waals surface area contributed by atoms with Crippen LogP contribution in [0.4, 0.5) is 17.1 Å². The van der Waals surface area contributed by atoms with Crippen LogP contribution in [0.15, 0.2) is 223 Å². The Kier molecular flexibility index (Phi) is 8.03. The van der Waals surface area contributed by atoms with Gasteiger partial charge in [0.15, 0.2) is 5.58 Å². The average Bonchev–Trinajstić information content (AvgIpc) is 3.99. The minimum Gasteiger partial charge on any atom is -0.454 e. The molecule has 3 nitrogen and oxygen atoms in total. The second-order valence-corrected chi connectivity index (χ2v) is 16.3. The molecule has 0 saturated carbocycles. The van der Waals surface area contributed by atoms with Crippen LogP contribution in [-0.4, -0.2) is 4.57 Å². The first kappa shape index (κ1) is 34.4. The number of rotatable bonds is 7. The van der Waals surface area contributed by atoms with Gasteiger partial charge in [0.2, 0.25) is 0 Å². The van der Waals surface area contributed by atoms with Crippen molar-refractivity contribution >= 4 is 81.5 Å². The van der Waals surface area contributed by atoms with E-state index in [4.69, 9.17) is 4.42 Å². The van der Waals surface area contributed by atoms with E-state index in [0.717, 1.165) is 39.0 Å². The van der Waals surface area contributed by atoms with Crippen LogP contribution >= 0.6 is 11.3 Å². The molecule has 9 aromatic carbocycles. The zero-order valence-electron chi connectivity index (χ0n) is 32.5. The smallest absolute Gasteiger partial charge is 0.159 e. The molecule has 12 aromatic rings. The van der Waals surface area contributed by atoms with Gasteiger partial charge in [-0.1, -0.05) is 158 Å². The molecule has 0 aliphatic carbocycles. The summed E-state index contributed by atoms with van der Waals surface area (Å²) in [5.74, 6) is 0. The van der Waals surface area contributed by atoms with Gasteiger partial charge >= 0.3 is 0 Å². The third kappa shape index (κ3) is 5.57. The molecule has 0 atom stereocenters. The third-order valence-electron chi connectivity index (χ3n) is 11.8. The van der Waals surface area contributed by atoms with Gasteiger partial charge in [0, 0.05) is 48.7 Å². The highest BCUT2D eigenvalue weighted by molar-refractivity contribution is 7.25. The Labute approximate surface area is 351 Å². The maximum Gasteiger partial charge on any atom is 0.159 e. The summed E-state index contributed by atoms with van der Waals surface area (Å²) in [6.07, 6.45) is 0. The Bertz CT molecular complexity index is 3510. The van der Waals surface area contributed by atoms with Gasteiger partial charge in [0.1, 0.15) is 10.4 Å². The number of furan rings is 1. The van der Waals surface area contributed by atoms with Crippen molar-refractivity contribution in [3.8, 4) is 39.1 Å². The van der Waals surface area contributed by atoms with Crippen molar-refractivity contribution in [2.75, 3.05) is 4.90 Å². The molecule has 0 radical (unpaired) electrons. The van der Waals surface area contributed by atoms with Crippen molar-refractivity contribution in [1.29, 1.82) is 0 Å². The van der Waals surface area contributed by atoms with Gasteiger partial charge in [0.25, 0.3) is 0 Å². The second kappa shape index (κ2) is 14.0. The highest BCUT2D eigenvalue weighted by Gasteiger charge is 2.22. The van der Waals surface area contributed by atoms with Crippen molar-refractivity contribution in [3.05, 3.63) is 218 Å². The van der Waals surface area contributed by atoms with E-state index in [1.807, 2.05) is 17.4 Å². The molecule has 0 unspecified atom stereocenters. The summed E-state index contributed by atoms with van der Waals surface area (Å²) in [6.45, 7) is 0. The summed E-state index contributed by atoms with van der Waals surface area (Å²) in [5.41, 5.74) is 14.4. The first-order valence-corrected chi connectivity index (χ1v) is 21.2. The molecule has 0 amide bonds. The van der Waals surface area contributed by atoms with Gasteiger partial charge in [0.05, 0.1) is 11.2 Å². The number of anilines is 3. The van der Waals surface area contributed by atoms with E-state index in [1.165, 1.54) is 70.3 Å². The van der Waals surface area contributed by atoms with Crippen LogP contribution in [0.1, 0.15) is 0 Å². The number of nitrogens with zero attached hydrogens (tertiary/aromatic N) is 2. The Morgan fingerprint density at radius 1 is 0.400 bits per heavy atom. The predicted octanol–water partition coefficient (Wildman–Crippen LogP) is 16.4. The summed E-state index contributed by atoms with van der Waals surface area (Å²) in [7, 11) is 0. The standard InChI is InChI=1S/C56H36N2OS/c1-3-13-37(14-4-1)38-25-27-39(28-26-38)40-29-33-43(34-30-40)57(50-22-12-20-47-46-17-7-9-23-51(46)59-55(47)50)44-35-31-41(32-36-44)45-19-11-21-49-53(45)54-48-18-8-10-24-52(48)60-56(54)58(49)42-15-5-2-6-16-42/h1-36H. The molecule has 3 aromatic heterocycles. The lowest BCUT2D eigenvalue weighted by Crippen LogP contribution is -2.10. The number of fused-ring (bicyclic) bond motifs is 8. The second-order valence-electron chi connectivity index (χ2n) is 15.3. The average molecular weight is 785 g/mol. The summed E-state index contributed by atoms with van der Waals surface area (Å²) >= 11 is 1.86. The molecule has 0 aliphatic heterocycles. The van der Waals surface area contributed by atoms with E-state index >= 15 is 0 Å². The first-order valence-electron chi connectivity index (χ1n) is 20.3. The van der Waals surface area contributed by atoms with Crippen molar-refractivity contribution in [1.82, 2.24) is 4.57 Å². The van der Waals surface area contributed by atoms with Crippen molar-refractivity contribution in [3.63, 3.8) is 0 Å². The van der Waals surface area contributed by atoms with E-state index < -0.39 is 0 Å². The van der Waals surface area contributed by atoms with Crippen molar-refractivity contribution < 1.29 is 4.42 Å². The Morgan fingerprint density at radius 2 is 0.950 bits per heavy atom. The van der Waals surface area contributed by atoms with Gasteiger partial charge in [-0.15, -0.1) is 11.3 Å². The fraction of sp³-hybridized carbons (Fsp3) is 0. The molecular weight excluding hydrogens is 749 g/mol. The molecule has 60 heavy (non-hydrogen) atoms. The molecule has 3 heterocycles. The number of hydrogen-bond acceptors (Lipinski definition) is 3. The molecule has 282 valence electrons. The number of aromatic nitrogens is 1. The van der Waals surface area contributed by atoms with Gasteiger partial charge in [-0.2, -0.15) is 0 Å². The molecule has 0 bridgehead atoms. The fourth-order valence-corrected chi connectivity index (χ4v) is 10.3. The molecule has 0 spiro atoms. The molecule has 0 fully saturated rings. The quantitative estimate of drug-likeness (QED) is 0.161. The SMILES string of the molecule is c1ccc(-c2ccc(-c3ccc(N(c4ccc(-c5cccc6c5c5c7ccccc7sc5n6-c5ccccc5)cc4)c4cccc5c4oc4ccccc45)cc3)cc2)cc1. The van der Waals surface area contributed by atoms with Gasteiger partial charge < -0.3 is 13.9 Å². The Hall–Kier alpha value is -7.66. The van der Waals surface area contributed by atoms with Crippen LogP contribution in [0.3, 0.4) is 0 Å². The predicted molar refractivity (Wildman–Crippen MR) is 254 cm³/mol. The number of benzene rings is 9. The molecule has 12 rings (SSSR count). The van der Waals surface area contributed by atoms with Crippen LogP contribution in [0.25, 0.3) is 92.2 Å². The van der Waals surface area contributed by atoms with E-state index in [-0.39, 0.29) is 0 Å². The summed E-state index contributed by atoms with van der Waals surface area (Å²) in [5, 5.41) is 6.09. The highest BCUT2D eigenvalue weighted by Crippen LogP contribution is 2.47. The highest BCUT2D eigenvalue weighted by atomic mass is 32.1. The van der Waals surface area contributed by atoms with Gasteiger partial charge in [-0.05, 0) is 94.0 Å². The maximum absolute atomic E-state index is 6.65. The zero-order chi connectivity index (χ0) is 39.6. The maximum atomic E-state index is 6.65. The zero-order valence-corrected chi connectivity index (χ0v) is 33.3.